The van der Waals surface area contributed by atoms with E-state index in [1.165, 1.54) is 5.56 Å². The molecule has 0 saturated heterocycles. The van der Waals surface area contributed by atoms with Gasteiger partial charge in [0.15, 0.2) is 0 Å². The van der Waals surface area contributed by atoms with Crippen LogP contribution in [0.15, 0.2) is 48.5 Å². The lowest BCUT2D eigenvalue weighted by Gasteiger charge is -2.12. The van der Waals surface area contributed by atoms with E-state index in [4.69, 9.17) is 10.1 Å². The number of hydrogen-bond donors (Lipinski definition) is 1. The molecule has 1 heterocycles. The van der Waals surface area contributed by atoms with Gasteiger partial charge in [0.05, 0.1) is 17.5 Å². The van der Waals surface area contributed by atoms with Crippen molar-refractivity contribution in [2.75, 3.05) is 0 Å². The topological polar surface area (TPSA) is 55.1 Å². The Morgan fingerprint density at radius 3 is 2.54 bits per heavy atom. The van der Waals surface area contributed by atoms with Crippen LogP contribution in [0.3, 0.4) is 0 Å². The smallest absolute Gasteiger partial charge is 0.307 e. The Bertz CT molecular complexity index is 851. The quantitative estimate of drug-likeness (QED) is 0.748. The SMILES string of the molecule is CC(C)Cn1c(Cc2ccccc2)nc2cc(CC(=O)O)ccc21. The van der Waals surface area contributed by atoms with Crippen LogP contribution in [0.2, 0.25) is 0 Å². The van der Waals surface area contributed by atoms with Crippen molar-refractivity contribution in [1.29, 1.82) is 0 Å². The zero-order valence-corrected chi connectivity index (χ0v) is 14.1. The molecule has 0 aliphatic carbocycles. The summed E-state index contributed by atoms with van der Waals surface area (Å²) < 4.78 is 2.26. The third kappa shape index (κ3) is 3.65. The summed E-state index contributed by atoms with van der Waals surface area (Å²) in [5, 5.41) is 8.99. The summed E-state index contributed by atoms with van der Waals surface area (Å²) in [6, 6.07) is 16.1. The van der Waals surface area contributed by atoms with Gasteiger partial charge in [-0.1, -0.05) is 50.2 Å². The number of carboxylic acids is 1. The molecule has 4 nitrogen and oxygen atoms in total. The van der Waals surface area contributed by atoms with Gasteiger partial charge >= 0.3 is 5.97 Å². The van der Waals surface area contributed by atoms with Crippen molar-refractivity contribution in [3.63, 3.8) is 0 Å². The predicted molar refractivity (Wildman–Crippen MR) is 95.2 cm³/mol. The monoisotopic (exact) mass is 322 g/mol. The van der Waals surface area contributed by atoms with E-state index in [2.05, 4.69) is 30.5 Å². The van der Waals surface area contributed by atoms with Crippen LogP contribution in [-0.2, 0) is 24.2 Å². The highest BCUT2D eigenvalue weighted by atomic mass is 16.4. The summed E-state index contributed by atoms with van der Waals surface area (Å²) in [5.41, 5.74) is 3.96. The normalized spacial score (nSPS) is 11.3. The maximum absolute atomic E-state index is 10.9. The Labute approximate surface area is 141 Å². The molecule has 0 aliphatic heterocycles. The molecule has 0 bridgehead atoms. The van der Waals surface area contributed by atoms with Gasteiger partial charge in [-0.15, -0.1) is 0 Å². The Balaban J connectivity index is 2.03. The minimum absolute atomic E-state index is 0.0288. The highest BCUT2D eigenvalue weighted by Gasteiger charge is 2.13. The third-order valence-electron chi connectivity index (χ3n) is 4.00. The Morgan fingerprint density at radius 1 is 1.12 bits per heavy atom. The number of aromatic nitrogens is 2. The molecule has 0 saturated carbocycles. The van der Waals surface area contributed by atoms with Gasteiger partial charge in [0, 0.05) is 13.0 Å². The molecule has 0 spiro atoms. The highest BCUT2D eigenvalue weighted by Crippen LogP contribution is 2.22. The van der Waals surface area contributed by atoms with E-state index in [0.29, 0.717) is 5.92 Å². The summed E-state index contributed by atoms with van der Waals surface area (Å²) in [6.45, 7) is 5.28. The molecule has 0 atom stereocenters. The standard InChI is InChI=1S/C20H22N2O2/c1-14(2)13-22-18-9-8-16(12-20(23)24)10-17(18)21-19(22)11-15-6-4-3-5-7-15/h3-10,14H,11-13H2,1-2H3,(H,23,24). The Morgan fingerprint density at radius 2 is 1.88 bits per heavy atom. The lowest BCUT2D eigenvalue weighted by atomic mass is 10.1. The van der Waals surface area contributed by atoms with Gasteiger partial charge in [-0.2, -0.15) is 0 Å². The maximum atomic E-state index is 10.9. The molecule has 0 unspecified atom stereocenters. The van der Waals surface area contributed by atoms with E-state index in [0.717, 1.165) is 35.4 Å². The van der Waals surface area contributed by atoms with Gasteiger partial charge in [0.1, 0.15) is 5.82 Å². The third-order valence-corrected chi connectivity index (χ3v) is 4.00. The predicted octanol–water partition coefficient (Wildman–Crippen LogP) is 3.91. The van der Waals surface area contributed by atoms with Crippen molar-refractivity contribution in [3.05, 3.63) is 65.5 Å². The van der Waals surface area contributed by atoms with Crippen molar-refractivity contribution in [3.8, 4) is 0 Å². The molecule has 3 rings (SSSR count). The van der Waals surface area contributed by atoms with Crippen LogP contribution in [0.25, 0.3) is 11.0 Å². The molecule has 3 aromatic rings. The van der Waals surface area contributed by atoms with Crippen LogP contribution in [-0.4, -0.2) is 20.6 Å². The van der Waals surface area contributed by atoms with Crippen LogP contribution >= 0.6 is 0 Å². The number of carboxylic acid groups (broad SMARTS) is 1. The van der Waals surface area contributed by atoms with E-state index >= 15 is 0 Å². The minimum atomic E-state index is -0.819. The average Bonchev–Trinajstić information content (AvgIpc) is 2.84. The summed E-state index contributed by atoms with van der Waals surface area (Å²) in [5.74, 6) is 0.716. The Kier molecular flexibility index (Phi) is 4.65. The van der Waals surface area contributed by atoms with Crippen molar-refractivity contribution < 1.29 is 9.90 Å². The van der Waals surface area contributed by atoms with E-state index in [9.17, 15) is 4.79 Å². The second kappa shape index (κ2) is 6.87. The summed E-state index contributed by atoms with van der Waals surface area (Å²) >= 11 is 0. The van der Waals surface area contributed by atoms with Crippen LogP contribution in [0, 0.1) is 5.92 Å². The number of aliphatic carboxylic acids is 1. The maximum Gasteiger partial charge on any atom is 0.307 e. The fourth-order valence-electron chi connectivity index (χ4n) is 2.99. The van der Waals surface area contributed by atoms with Crippen molar-refractivity contribution in [2.45, 2.75) is 33.2 Å². The largest absolute Gasteiger partial charge is 0.481 e. The molecular formula is C20H22N2O2. The van der Waals surface area contributed by atoms with E-state index in [1.807, 2.05) is 36.4 Å². The molecule has 24 heavy (non-hydrogen) atoms. The first-order chi connectivity index (χ1) is 11.5. The number of hydrogen-bond acceptors (Lipinski definition) is 2. The molecular weight excluding hydrogens is 300 g/mol. The summed E-state index contributed by atoms with van der Waals surface area (Å²) in [6.07, 6.45) is 0.803. The molecule has 1 aromatic heterocycles. The number of fused-ring (bicyclic) bond motifs is 1. The van der Waals surface area contributed by atoms with Crippen molar-refractivity contribution in [1.82, 2.24) is 9.55 Å². The molecule has 2 aromatic carbocycles. The second-order valence-electron chi connectivity index (χ2n) is 6.59. The van der Waals surface area contributed by atoms with Crippen molar-refractivity contribution in [2.24, 2.45) is 5.92 Å². The second-order valence-corrected chi connectivity index (χ2v) is 6.59. The fraction of sp³-hybridized carbons (Fsp3) is 0.300. The molecule has 0 aliphatic rings. The fourth-order valence-corrected chi connectivity index (χ4v) is 2.99. The molecule has 0 fully saturated rings. The highest BCUT2D eigenvalue weighted by molar-refractivity contribution is 5.79. The number of rotatable bonds is 6. The number of imidazole rings is 1. The first-order valence-corrected chi connectivity index (χ1v) is 8.26. The van der Waals surface area contributed by atoms with Gasteiger partial charge in [0.2, 0.25) is 0 Å². The zero-order valence-electron chi connectivity index (χ0n) is 14.1. The van der Waals surface area contributed by atoms with Crippen LogP contribution in [0.4, 0.5) is 0 Å². The van der Waals surface area contributed by atoms with Crippen molar-refractivity contribution >= 4 is 17.0 Å². The van der Waals surface area contributed by atoms with Gasteiger partial charge in [-0.25, -0.2) is 4.98 Å². The van der Waals surface area contributed by atoms with Crippen LogP contribution < -0.4 is 0 Å². The van der Waals surface area contributed by atoms with Gasteiger partial charge < -0.3 is 9.67 Å². The molecule has 1 N–H and O–H groups in total. The summed E-state index contributed by atoms with van der Waals surface area (Å²) in [4.78, 5) is 15.7. The van der Waals surface area contributed by atoms with E-state index < -0.39 is 5.97 Å². The zero-order chi connectivity index (χ0) is 17.1. The van der Waals surface area contributed by atoms with Crippen LogP contribution in [0.1, 0.15) is 30.8 Å². The minimum Gasteiger partial charge on any atom is -0.481 e. The number of carbonyl (C=O) groups is 1. The van der Waals surface area contributed by atoms with Gasteiger partial charge in [-0.05, 0) is 29.2 Å². The lowest BCUT2D eigenvalue weighted by Crippen LogP contribution is -2.09. The molecule has 0 radical (unpaired) electrons. The van der Waals surface area contributed by atoms with Crippen LogP contribution in [0.5, 0.6) is 0 Å². The summed E-state index contributed by atoms with van der Waals surface area (Å²) in [7, 11) is 0. The molecule has 0 amide bonds. The van der Waals surface area contributed by atoms with Gasteiger partial charge in [0.25, 0.3) is 0 Å². The molecule has 124 valence electrons. The van der Waals surface area contributed by atoms with E-state index in [-0.39, 0.29) is 6.42 Å². The number of nitrogens with zero attached hydrogens (tertiary/aromatic N) is 2. The lowest BCUT2D eigenvalue weighted by molar-refractivity contribution is -0.136. The first kappa shape index (κ1) is 16.2. The first-order valence-electron chi connectivity index (χ1n) is 8.26. The Hall–Kier alpha value is -2.62. The average molecular weight is 322 g/mol. The molecule has 4 heteroatoms. The number of benzene rings is 2. The van der Waals surface area contributed by atoms with Gasteiger partial charge in [-0.3, -0.25) is 4.79 Å². The van der Waals surface area contributed by atoms with E-state index in [1.54, 1.807) is 0 Å².